The molecule has 24 heavy (non-hydrogen) atoms. The molecular formula is C17H10BrClF3NS. The number of hydrogen-bond acceptors (Lipinski definition) is 1. The summed E-state index contributed by atoms with van der Waals surface area (Å²) in [6.07, 6.45) is -4.48. The van der Waals surface area contributed by atoms with Crippen LogP contribution < -0.4 is 0 Å². The zero-order chi connectivity index (χ0) is 17.3. The fourth-order valence-electron chi connectivity index (χ4n) is 2.18. The number of benzene rings is 2. The van der Waals surface area contributed by atoms with Gasteiger partial charge in [-0.1, -0.05) is 53.7 Å². The second-order valence-electron chi connectivity index (χ2n) is 4.94. The van der Waals surface area contributed by atoms with E-state index in [1.54, 1.807) is 24.3 Å². The van der Waals surface area contributed by atoms with E-state index in [4.69, 9.17) is 11.6 Å². The Morgan fingerprint density at radius 1 is 0.958 bits per heavy atom. The molecule has 0 bridgehead atoms. The number of rotatable bonds is 3. The van der Waals surface area contributed by atoms with E-state index < -0.39 is 11.9 Å². The highest BCUT2D eigenvalue weighted by atomic mass is 79.9. The van der Waals surface area contributed by atoms with E-state index in [1.165, 1.54) is 11.8 Å². The molecule has 2 aromatic carbocycles. The molecule has 124 valence electrons. The van der Waals surface area contributed by atoms with Gasteiger partial charge in [0, 0.05) is 9.92 Å². The quantitative estimate of drug-likeness (QED) is 0.460. The Balaban J connectivity index is 2.14. The third kappa shape index (κ3) is 3.66. The fraction of sp³-hybridized carbons (Fsp3) is 0.0588. The number of halogens is 5. The van der Waals surface area contributed by atoms with Gasteiger partial charge in [-0.2, -0.15) is 13.2 Å². The molecule has 0 radical (unpaired) electrons. The molecule has 0 amide bonds. The van der Waals surface area contributed by atoms with Crippen LogP contribution in [-0.2, 0) is 6.18 Å². The summed E-state index contributed by atoms with van der Waals surface area (Å²) in [7, 11) is 0. The molecule has 1 N–H and O–H groups in total. The highest BCUT2D eigenvalue weighted by molar-refractivity contribution is 9.10. The number of alkyl halides is 3. The average Bonchev–Trinajstić information content (AvgIpc) is 2.86. The summed E-state index contributed by atoms with van der Waals surface area (Å²) in [5.41, 5.74) is 0.236. The van der Waals surface area contributed by atoms with E-state index in [0.29, 0.717) is 21.2 Å². The van der Waals surface area contributed by atoms with Crippen molar-refractivity contribution >= 4 is 39.3 Å². The van der Waals surface area contributed by atoms with Gasteiger partial charge in [-0.3, -0.25) is 0 Å². The molecule has 0 spiro atoms. The predicted octanol–water partition coefficient (Wildman–Crippen LogP) is 7.27. The number of aromatic nitrogens is 1. The maximum Gasteiger partial charge on any atom is 0.432 e. The zero-order valence-corrected chi connectivity index (χ0v) is 15.2. The van der Waals surface area contributed by atoms with Crippen molar-refractivity contribution < 1.29 is 13.2 Å². The van der Waals surface area contributed by atoms with Crippen LogP contribution in [0.15, 0.2) is 68.9 Å². The lowest BCUT2D eigenvalue weighted by Gasteiger charge is -2.05. The van der Waals surface area contributed by atoms with E-state index >= 15 is 0 Å². The van der Waals surface area contributed by atoms with Crippen LogP contribution in [0.5, 0.6) is 0 Å². The van der Waals surface area contributed by atoms with Crippen LogP contribution >= 0.6 is 39.3 Å². The van der Waals surface area contributed by atoms with E-state index in [-0.39, 0.29) is 4.47 Å². The highest BCUT2D eigenvalue weighted by Crippen LogP contribution is 2.47. The van der Waals surface area contributed by atoms with Gasteiger partial charge in [-0.15, -0.1) is 0 Å². The molecule has 1 heterocycles. The topological polar surface area (TPSA) is 15.8 Å². The molecule has 0 saturated carbocycles. The minimum Gasteiger partial charge on any atom is -0.349 e. The second-order valence-corrected chi connectivity index (χ2v) is 7.25. The first-order valence-corrected chi connectivity index (χ1v) is 8.82. The molecule has 0 aliphatic heterocycles. The van der Waals surface area contributed by atoms with Crippen molar-refractivity contribution in [3.63, 3.8) is 0 Å². The lowest BCUT2D eigenvalue weighted by Crippen LogP contribution is -2.06. The van der Waals surface area contributed by atoms with Crippen molar-refractivity contribution in [2.75, 3.05) is 0 Å². The van der Waals surface area contributed by atoms with Gasteiger partial charge in [0.15, 0.2) is 0 Å². The Kier molecular flexibility index (Phi) is 4.99. The Bertz CT molecular complexity index is 845. The lowest BCUT2D eigenvalue weighted by atomic mass is 10.2. The zero-order valence-electron chi connectivity index (χ0n) is 12.0. The van der Waals surface area contributed by atoms with Crippen molar-refractivity contribution in [2.45, 2.75) is 16.0 Å². The van der Waals surface area contributed by atoms with Gasteiger partial charge < -0.3 is 4.98 Å². The number of H-pyrrole nitrogens is 1. The van der Waals surface area contributed by atoms with Crippen LogP contribution in [0.25, 0.3) is 11.3 Å². The molecular weight excluding hydrogens is 423 g/mol. The van der Waals surface area contributed by atoms with E-state index in [1.807, 2.05) is 30.3 Å². The Hall–Kier alpha value is -1.37. The third-order valence-corrected chi connectivity index (χ3v) is 5.70. The first kappa shape index (κ1) is 17.5. The average molecular weight is 433 g/mol. The SMILES string of the molecule is FC(F)(F)c1[nH]c(-c2ccc(Cl)cc2)c(Sc2ccccc2)c1Br. The smallest absolute Gasteiger partial charge is 0.349 e. The summed E-state index contributed by atoms with van der Waals surface area (Å²) in [6, 6.07) is 15.9. The molecule has 0 fully saturated rings. The van der Waals surface area contributed by atoms with Gasteiger partial charge in [0.2, 0.25) is 0 Å². The van der Waals surface area contributed by atoms with Gasteiger partial charge in [0.1, 0.15) is 5.69 Å². The second kappa shape index (κ2) is 6.86. The maximum atomic E-state index is 13.3. The Labute approximate surface area is 154 Å². The van der Waals surface area contributed by atoms with Gasteiger partial charge in [-0.25, -0.2) is 0 Å². The molecule has 3 aromatic rings. The van der Waals surface area contributed by atoms with Crippen molar-refractivity contribution in [2.24, 2.45) is 0 Å². The van der Waals surface area contributed by atoms with Crippen LogP contribution in [0, 0.1) is 0 Å². The summed E-state index contributed by atoms with van der Waals surface area (Å²) in [4.78, 5) is 3.84. The Morgan fingerprint density at radius 3 is 2.17 bits per heavy atom. The van der Waals surface area contributed by atoms with Crippen molar-refractivity contribution in [1.82, 2.24) is 4.98 Å². The fourth-order valence-corrected chi connectivity index (χ4v) is 4.06. The van der Waals surface area contributed by atoms with Crippen LogP contribution in [-0.4, -0.2) is 4.98 Å². The van der Waals surface area contributed by atoms with Gasteiger partial charge in [-0.05, 0) is 45.8 Å². The summed E-state index contributed by atoms with van der Waals surface area (Å²) in [5.74, 6) is 0. The van der Waals surface area contributed by atoms with E-state index in [0.717, 1.165) is 4.90 Å². The molecule has 0 aliphatic carbocycles. The molecule has 1 nitrogen and oxygen atoms in total. The molecule has 0 saturated heterocycles. The van der Waals surface area contributed by atoms with Gasteiger partial charge >= 0.3 is 6.18 Å². The summed E-state index contributed by atoms with van der Waals surface area (Å²) in [5, 5.41) is 0.526. The normalized spacial score (nSPS) is 11.7. The van der Waals surface area contributed by atoms with Gasteiger partial charge in [0.25, 0.3) is 0 Å². The van der Waals surface area contributed by atoms with E-state index in [9.17, 15) is 13.2 Å². The molecule has 0 atom stereocenters. The standard InChI is InChI=1S/C17H10BrClF3NS/c18-13-15(24-12-4-2-1-3-5-12)14(23-16(13)17(20,21)22)10-6-8-11(19)9-7-10/h1-9,23H. The van der Waals surface area contributed by atoms with Crippen LogP contribution in [0.2, 0.25) is 5.02 Å². The van der Waals surface area contributed by atoms with Crippen LogP contribution in [0.4, 0.5) is 13.2 Å². The van der Waals surface area contributed by atoms with Crippen molar-refractivity contribution in [1.29, 1.82) is 0 Å². The first-order chi connectivity index (χ1) is 11.4. The van der Waals surface area contributed by atoms with Crippen molar-refractivity contribution in [3.05, 3.63) is 69.8 Å². The lowest BCUT2D eigenvalue weighted by molar-refractivity contribution is -0.141. The largest absolute Gasteiger partial charge is 0.432 e. The summed E-state index contributed by atoms with van der Waals surface area (Å²) < 4.78 is 39.8. The number of aromatic amines is 1. The summed E-state index contributed by atoms with van der Waals surface area (Å²) >= 11 is 10.2. The summed E-state index contributed by atoms with van der Waals surface area (Å²) in [6.45, 7) is 0. The minimum absolute atomic E-state index is 0.00815. The van der Waals surface area contributed by atoms with Gasteiger partial charge in [0.05, 0.1) is 15.1 Å². The first-order valence-electron chi connectivity index (χ1n) is 6.84. The Morgan fingerprint density at radius 2 is 1.58 bits per heavy atom. The molecule has 0 unspecified atom stereocenters. The molecule has 1 aromatic heterocycles. The third-order valence-electron chi connectivity index (χ3n) is 3.28. The van der Waals surface area contributed by atoms with E-state index in [2.05, 4.69) is 20.9 Å². The highest BCUT2D eigenvalue weighted by Gasteiger charge is 2.37. The number of hydrogen-bond donors (Lipinski definition) is 1. The van der Waals surface area contributed by atoms with Crippen molar-refractivity contribution in [3.8, 4) is 11.3 Å². The maximum absolute atomic E-state index is 13.3. The molecule has 0 aliphatic rings. The predicted molar refractivity (Wildman–Crippen MR) is 94.5 cm³/mol. The molecule has 3 rings (SSSR count). The monoisotopic (exact) mass is 431 g/mol. The molecule has 7 heteroatoms. The van der Waals surface area contributed by atoms with Crippen LogP contribution in [0.3, 0.4) is 0 Å². The van der Waals surface area contributed by atoms with Crippen LogP contribution in [0.1, 0.15) is 5.69 Å². The number of nitrogens with one attached hydrogen (secondary N) is 1. The minimum atomic E-state index is -4.48.